The Bertz CT molecular complexity index is 788. The van der Waals surface area contributed by atoms with E-state index >= 15 is 0 Å². The third kappa shape index (κ3) is 4.68. The first-order valence-electron chi connectivity index (χ1n) is 8.02. The molecule has 2 rings (SSSR count). The zero-order chi connectivity index (χ0) is 19.3. The predicted octanol–water partition coefficient (Wildman–Crippen LogP) is 5.33. The van der Waals surface area contributed by atoms with E-state index in [0.29, 0.717) is 5.75 Å². The summed E-state index contributed by atoms with van der Waals surface area (Å²) in [4.78, 5) is 11.4. The minimum absolute atomic E-state index is 0.00509. The number of halogens is 3. The van der Waals surface area contributed by atoms with Crippen LogP contribution in [0.1, 0.15) is 29.2 Å². The Hall–Kier alpha value is -2.70. The summed E-state index contributed by atoms with van der Waals surface area (Å²) in [6.07, 6.45) is -4.58. The molecule has 0 heterocycles. The third-order valence-electron chi connectivity index (χ3n) is 3.92. The van der Waals surface area contributed by atoms with Gasteiger partial charge < -0.3 is 9.47 Å². The lowest BCUT2D eigenvalue weighted by molar-refractivity contribution is -0.138. The molecule has 1 N–H and O–H groups in total. The van der Waals surface area contributed by atoms with Crippen molar-refractivity contribution in [3.05, 3.63) is 58.7 Å². The zero-order valence-corrected chi connectivity index (χ0v) is 14.7. The number of carbonyl (C=O) groups excluding carboxylic acids is 1. The van der Waals surface area contributed by atoms with Crippen molar-refractivity contribution in [2.24, 2.45) is 0 Å². The van der Waals surface area contributed by atoms with E-state index in [-0.39, 0.29) is 17.9 Å². The molecule has 0 radical (unpaired) electrons. The van der Waals surface area contributed by atoms with Gasteiger partial charge in [0, 0.05) is 5.56 Å². The first kappa shape index (κ1) is 19.6. The van der Waals surface area contributed by atoms with Crippen LogP contribution in [0.15, 0.2) is 36.4 Å². The van der Waals surface area contributed by atoms with Crippen LogP contribution in [0, 0.1) is 6.92 Å². The van der Waals surface area contributed by atoms with Crippen LogP contribution in [0.3, 0.4) is 0 Å². The topological polar surface area (TPSA) is 47.6 Å². The highest BCUT2D eigenvalue weighted by Crippen LogP contribution is 2.36. The molecule has 0 fully saturated rings. The molecule has 0 spiro atoms. The monoisotopic (exact) mass is 367 g/mol. The number of amides is 1. The quantitative estimate of drug-likeness (QED) is 0.777. The predicted molar refractivity (Wildman–Crippen MR) is 92.4 cm³/mol. The summed E-state index contributed by atoms with van der Waals surface area (Å²) in [5.41, 5.74) is 0.906. The SMILES string of the molecule is CCc1ccc(OCc2c(NC(=O)OC)cccc2C(F)(F)F)c(C)c1. The molecule has 0 aliphatic heterocycles. The maximum Gasteiger partial charge on any atom is 0.416 e. The van der Waals surface area contributed by atoms with Crippen molar-refractivity contribution in [3.8, 4) is 5.75 Å². The van der Waals surface area contributed by atoms with Gasteiger partial charge in [-0.3, -0.25) is 5.32 Å². The molecule has 4 nitrogen and oxygen atoms in total. The normalized spacial score (nSPS) is 11.2. The van der Waals surface area contributed by atoms with Crippen molar-refractivity contribution in [2.75, 3.05) is 12.4 Å². The second kappa shape index (κ2) is 8.12. The van der Waals surface area contributed by atoms with E-state index in [9.17, 15) is 18.0 Å². The number of carbonyl (C=O) groups is 1. The van der Waals surface area contributed by atoms with Crippen LogP contribution in [0.4, 0.5) is 23.7 Å². The minimum Gasteiger partial charge on any atom is -0.489 e. The fourth-order valence-electron chi connectivity index (χ4n) is 2.53. The number of benzene rings is 2. The maximum atomic E-state index is 13.4. The second-order valence-corrected chi connectivity index (χ2v) is 5.69. The third-order valence-corrected chi connectivity index (χ3v) is 3.92. The number of alkyl halides is 3. The van der Waals surface area contributed by atoms with Crippen LogP contribution >= 0.6 is 0 Å². The summed E-state index contributed by atoms with van der Waals surface area (Å²) in [5, 5.41) is 2.30. The molecule has 2 aromatic carbocycles. The highest BCUT2D eigenvalue weighted by atomic mass is 19.4. The van der Waals surface area contributed by atoms with E-state index in [1.165, 1.54) is 12.1 Å². The van der Waals surface area contributed by atoms with Crippen molar-refractivity contribution >= 4 is 11.8 Å². The Balaban J connectivity index is 2.35. The molecule has 2 aromatic rings. The highest BCUT2D eigenvalue weighted by molar-refractivity contribution is 5.85. The van der Waals surface area contributed by atoms with E-state index in [2.05, 4.69) is 10.1 Å². The Kier molecular flexibility index (Phi) is 6.13. The first-order valence-corrected chi connectivity index (χ1v) is 8.02. The van der Waals surface area contributed by atoms with Crippen molar-refractivity contribution in [3.63, 3.8) is 0 Å². The van der Waals surface area contributed by atoms with E-state index in [0.717, 1.165) is 30.7 Å². The lowest BCUT2D eigenvalue weighted by Gasteiger charge is -2.18. The van der Waals surface area contributed by atoms with Gasteiger partial charge in [0.15, 0.2) is 0 Å². The molecule has 0 saturated heterocycles. The van der Waals surface area contributed by atoms with Gasteiger partial charge in [-0.05, 0) is 42.7 Å². The standard InChI is InChI=1S/C19H20F3NO3/c1-4-13-8-9-17(12(2)10-13)26-11-14-15(19(20,21)22)6-5-7-16(14)23-18(24)25-3/h5-10H,4,11H2,1-3H3,(H,23,24). The number of methoxy groups -OCH3 is 1. The molecule has 26 heavy (non-hydrogen) atoms. The van der Waals surface area contributed by atoms with E-state index in [1.807, 2.05) is 26.0 Å². The molecule has 0 aliphatic carbocycles. The van der Waals surface area contributed by atoms with Crippen LogP contribution in [0.25, 0.3) is 0 Å². The number of rotatable bonds is 5. The van der Waals surface area contributed by atoms with Gasteiger partial charge in [0.1, 0.15) is 12.4 Å². The summed E-state index contributed by atoms with van der Waals surface area (Å²) in [6.45, 7) is 3.50. The molecule has 0 aliphatic rings. The molecule has 0 aromatic heterocycles. The number of ether oxygens (including phenoxy) is 2. The van der Waals surface area contributed by atoms with Gasteiger partial charge in [-0.1, -0.05) is 25.1 Å². The van der Waals surface area contributed by atoms with Crippen molar-refractivity contribution in [1.82, 2.24) is 0 Å². The molecular weight excluding hydrogens is 347 g/mol. The van der Waals surface area contributed by atoms with Crippen LogP contribution in [0.5, 0.6) is 5.75 Å². The number of nitrogens with one attached hydrogen (secondary N) is 1. The summed E-state index contributed by atoms with van der Waals surface area (Å²) in [7, 11) is 1.14. The smallest absolute Gasteiger partial charge is 0.416 e. The minimum atomic E-state index is -4.58. The number of hydrogen-bond donors (Lipinski definition) is 1. The Morgan fingerprint density at radius 2 is 1.92 bits per heavy atom. The highest BCUT2D eigenvalue weighted by Gasteiger charge is 2.34. The number of aryl methyl sites for hydroxylation is 2. The van der Waals surface area contributed by atoms with Gasteiger partial charge in [-0.2, -0.15) is 13.2 Å². The van der Waals surface area contributed by atoms with E-state index < -0.39 is 17.8 Å². The fourth-order valence-corrected chi connectivity index (χ4v) is 2.53. The summed E-state index contributed by atoms with van der Waals surface area (Å²) >= 11 is 0. The van der Waals surface area contributed by atoms with Gasteiger partial charge in [-0.25, -0.2) is 4.79 Å². The van der Waals surface area contributed by atoms with Gasteiger partial charge in [0.2, 0.25) is 0 Å². The summed E-state index contributed by atoms with van der Waals surface area (Å²) < 4.78 is 50.1. The lowest BCUT2D eigenvalue weighted by Crippen LogP contribution is -2.17. The molecule has 7 heteroatoms. The number of hydrogen-bond acceptors (Lipinski definition) is 3. The van der Waals surface area contributed by atoms with E-state index in [4.69, 9.17) is 4.74 Å². The largest absolute Gasteiger partial charge is 0.489 e. The van der Waals surface area contributed by atoms with Gasteiger partial charge in [0.25, 0.3) is 0 Å². The molecule has 0 bridgehead atoms. The van der Waals surface area contributed by atoms with E-state index in [1.54, 1.807) is 6.07 Å². The first-order chi connectivity index (χ1) is 12.3. The van der Waals surface area contributed by atoms with Crippen LogP contribution in [-0.4, -0.2) is 13.2 Å². The summed E-state index contributed by atoms with van der Waals surface area (Å²) in [6, 6.07) is 9.08. The average Bonchev–Trinajstić information content (AvgIpc) is 2.60. The molecule has 0 unspecified atom stereocenters. The molecular formula is C19H20F3NO3. The van der Waals surface area contributed by atoms with Gasteiger partial charge >= 0.3 is 12.3 Å². The molecule has 1 amide bonds. The second-order valence-electron chi connectivity index (χ2n) is 5.69. The van der Waals surface area contributed by atoms with Crippen LogP contribution < -0.4 is 10.1 Å². The van der Waals surface area contributed by atoms with Crippen molar-refractivity contribution in [1.29, 1.82) is 0 Å². The number of anilines is 1. The van der Waals surface area contributed by atoms with Crippen molar-refractivity contribution in [2.45, 2.75) is 33.1 Å². The van der Waals surface area contributed by atoms with Crippen LogP contribution in [-0.2, 0) is 23.9 Å². The van der Waals surface area contributed by atoms with Crippen molar-refractivity contribution < 1.29 is 27.4 Å². The lowest BCUT2D eigenvalue weighted by atomic mass is 10.0. The van der Waals surface area contributed by atoms with Gasteiger partial charge in [-0.15, -0.1) is 0 Å². The fraction of sp³-hybridized carbons (Fsp3) is 0.316. The van der Waals surface area contributed by atoms with Gasteiger partial charge in [0.05, 0.1) is 18.4 Å². The summed E-state index contributed by atoms with van der Waals surface area (Å²) in [5.74, 6) is 0.489. The Morgan fingerprint density at radius 3 is 2.50 bits per heavy atom. The molecule has 140 valence electrons. The Morgan fingerprint density at radius 1 is 1.19 bits per heavy atom. The van der Waals surface area contributed by atoms with Crippen LogP contribution in [0.2, 0.25) is 0 Å². The maximum absolute atomic E-state index is 13.4. The zero-order valence-electron chi connectivity index (χ0n) is 14.7. The molecule has 0 saturated carbocycles. The molecule has 0 atom stereocenters. The Labute approximate surface area is 149 Å². The average molecular weight is 367 g/mol.